The molecular formula is C17H14F3N3O. The standard InChI is InChI=1S/C17H14F3N3O/c1-9-5-10(2)7-12(6-9)22-23-15-13-8-11(17(18,19)20)3-4-14(13)21-16(15)24/h3-8,21,24H,1-2H3. The first-order valence-electron chi connectivity index (χ1n) is 7.16. The van der Waals surface area contributed by atoms with Crippen LogP contribution in [0.4, 0.5) is 24.5 Å². The molecule has 0 fully saturated rings. The average molecular weight is 333 g/mol. The lowest BCUT2D eigenvalue weighted by molar-refractivity contribution is -0.137. The summed E-state index contributed by atoms with van der Waals surface area (Å²) in [6, 6.07) is 8.71. The molecule has 0 unspecified atom stereocenters. The van der Waals surface area contributed by atoms with Crippen molar-refractivity contribution < 1.29 is 18.3 Å². The molecule has 2 aromatic carbocycles. The van der Waals surface area contributed by atoms with E-state index < -0.39 is 11.7 Å². The van der Waals surface area contributed by atoms with Gasteiger partial charge in [-0.05, 0) is 55.3 Å². The summed E-state index contributed by atoms with van der Waals surface area (Å²) in [6.45, 7) is 3.82. The van der Waals surface area contributed by atoms with Gasteiger partial charge in [-0.3, -0.25) is 0 Å². The Kier molecular flexibility index (Phi) is 3.79. The second-order valence-electron chi connectivity index (χ2n) is 5.63. The van der Waals surface area contributed by atoms with Crippen molar-refractivity contribution in [1.29, 1.82) is 0 Å². The maximum atomic E-state index is 12.9. The third kappa shape index (κ3) is 3.10. The zero-order chi connectivity index (χ0) is 17.5. The molecule has 3 aromatic rings. The fourth-order valence-electron chi connectivity index (χ4n) is 2.56. The summed E-state index contributed by atoms with van der Waals surface area (Å²) in [7, 11) is 0. The largest absolute Gasteiger partial charge is 0.493 e. The second kappa shape index (κ2) is 5.67. The topological polar surface area (TPSA) is 60.7 Å². The summed E-state index contributed by atoms with van der Waals surface area (Å²) in [5.74, 6) is -0.322. The van der Waals surface area contributed by atoms with Crippen molar-refractivity contribution >= 4 is 22.3 Å². The average Bonchev–Trinajstić information content (AvgIpc) is 2.77. The van der Waals surface area contributed by atoms with Crippen LogP contribution in [-0.2, 0) is 6.18 Å². The molecule has 0 aliphatic rings. The van der Waals surface area contributed by atoms with Gasteiger partial charge in [0.05, 0.1) is 16.8 Å². The number of hydrogen-bond donors (Lipinski definition) is 2. The number of benzene rings is 2. The first-order valence-corrected chi connectivity index (χ1v) is 7.16. The van der Waals surface area contributed by atoms with Crippen molar-refractivity contribution in [1.82, 2.24) is 4.98 Å². The summed E-state index contributed by atoms with van der Waals surface area (Å²) < 4.78 is 38.6. The van der Waals surface area contributed by atoms with E-state index in [9.17, 15) is 18.3 Å². The van der Waals surface area contributed by atoms with E-state index in [1.807, 2.05) is 19.9 Å². The van der Waals surface area contributed by atoms with Crippen LogP contribution in [0.1, 0.15) is 16.7 Å². The molecule has 124 valence electrons. The number of nitrogens with zero attached hydrogens (tertiary/aromatic N) is 2. The van der Waals surface area contributed by atoms with Gasteiger partial charge in [0.1, 0.15) is 0 Å². The number of H-pyrrole nitrogens is 1. The number of azo groups is 1. The fourth-order valence-corrected chi connectivity index (χ4v) is 2.56. The van der Waals surface area contributed by atoms with Crippen molar-refractivity contribution in [3.63, 3.8) is 0 Å². The van der Waals surface area contributed by atoms with Gasteiger partial charge in [0.25, 0.3) is 0 Å². The van der Waals surface area contributed by atoms with Crippen LogP contribution in [0, 0.1) is 13.8 Å². The predicted molar refractivity (Wildman–Crippen MR) is 85.1 cm³/mol. The molecule has 0 bridgehead atoms. The predicted octanol–water partition coefficient (Wildman–Crippen LogP) is 5.92. The molecule has 0 saturated carbocycles. The van der Waals surface area contributed by atoms with Crippen molar-refractivity contribution in [3.8, 4) is 5.88 Å². The Labute approximate surface area is 135 Å². The number of hydrogen-bond acceptors (Lipinski definition) is 3. The van der Waals surface area contributed by atoms with Crippen LogP contribution in [0.15, 0.2) is 46.6 Å². The highest BCUT2D eigenvalue weighted by Crippen LogP contribution is 2.39. The zero-order valence-corrected chi connectivity index (χ0v) is 12.9. The molecule has 0 aliphatic carbocycles. The number of rotatable bonds is 2. The molecule has 0 radical (unpaired) electrons. The molecule has 24 heavy (non-hydrogen) atoms. The third-order valence-corrected chi connectivity index (χ3v) is 3.55. The molecule has 3 rings (SSSR count). The molecule has 0 spiro atoms. The molecule has 0 atom stereocenters. The maximum absolute atomic E-state index is 12.9. The number of halogens is 3. The van der Waals surface area contributed by atoms with Crippen LogP contribution < -0.4 is 0 Å². The van der Waals surface area contributed by atoms with Gasteiger partial charge in [0, 0.05) is 5.39 Å². The van der Waals surface area contributed by atoms with E-state index >= 15 is 0 Å². The van der Waals surface area contributed by atoms with Gasteiger partial charge in [-0.2, -0.15) is 18.3 Å². The number of aryl methyl sites for hydroxylation is 2. The van der Waals surface area contributed by atoms with E-state index in [-0.39, 0.29) is 17.0 Å². The van der Waals surface area contributed by atoms with E-state index in [0.29, 0.717) is 11.2 Å². The van der Waals surface area contributed by atoms with Gasteiger partial charge in [-0.25, -0.2) is 0 Å². The Morgan fingerprint density at radius 1 is 0.958 bits per heavy atom. The number of aromatic hydroxyl groups is 1. The van der Waals surface area contributed by atoms with Gasteiger partial charge in [0.2, 0.25) is 5.88 Å². The van der Waals surface area contributed by atoms with E-state index in [1.54, 1.807) is 12.1 Å². The Balaban J connectivity index is 2.08. The molecule has 0 amide bonds. The van der Waals surface area contributed by atoms with E-state index in [0.717, 1.165) is 23.3 Å². The van der Waals surface area contributed by atoms with Crippen molar-refractivity contribution in [2.75, 3.05) is 0 Å². The molecule has 4 nitrogen and oxygen atoms in total. The SMILES string of the molecule is Cc1cc(C)cc(N=Nc2c(O)[nH]c3ccc(C(F)(F)F)cc23)c1. The van der Waals surface area contributed by atoms with Crippen LogP contribution in [0.5, 0.6) is 5.88 Å². The maximum Gasteiger partial charge on any atom is 0.416 e. The van der Waals surface area contributed by atoms with E-state index in [1.165, 1.54) is 6.07 Å². The lowest BCUT2D eigenvalue weighted by atomic mass is 10.1. The Morgan fingerprint density at radius 2 is 1.62 bits per heavy atom. The van der Waals surface area contributed by atoms with Crippen LogP contribution in [0.25, 0.3) is 10.9 Å². The van der Waals surface area contributed by atoms with Gasteiger partial charge in [-0.1, -0.05) is 6.07 Å². The Hall–Kier alpha value is -2.83. The highest BCUT2D eigenvalue weighted by molar-refractivity contribution is 5.94. The summed E-state index contributed by atoms with van der Waals surface area (Å²) in [5.41, 5.74) is 2.08. The molecule has 1 heterocycles. The third-order valence-electron chi connectivity index (χ3n) is 3.55. The minimum atomic E-state index is -4.47. The van der Waals surface area contributed by atoms with Crippen LogP contribution in [-0.4, -0.2) is 10.1 Å². The van der Waals surface area contributed by atoms with Crippen LogP contribution >= 0.6 is 0 Å². The minimum Gasteiger partial charge on any atom is -0.493 e. The summed E-state index contributed by atoms with van der Waals surface area (Å²) in [5, 5.41) is 18.1. The fraction of sp³-hybridized carbons (Fsp3) is 0.176. The molecule has 1 aromatic heterocycles. The smallest absolute Gasteiger partial charge is 0.416 e. The molecular weight excluding hydrogens is 319 g/mol. The molecule has 0 aliphatic heterocycles. The zero-order valence-electron chi connectivity index (χ0n) is 12.9. The number of aromatic amines is 1. The number of nitrogens with one attached hydrogen (secondary N) is 1. The summed E-state index contributed by atoms with van der Waals surface area (Å²) in [4.78, 5) is 2.60. The molecule has 2 N–H and O–H groups in total. The van der Waals surface area contributed by atoms with Gasteiger partial charge in [0.15, 0.2) is 5.69 Å². The van der Waals surface area contributed by atoms with Crippen molar-refractivity contribution in [2.45, 2.75) is 20.0 Å². The monoisotopic (exact) mass is 333 g/mol. The highest BCUT2D eigenvalue weighted by atomic mass is 19.4. The molecule has 0 saturated heterocycles. The van der Waals surface area contributed by atoms with Crippen molar-refractivity contribution in [3.05, 3.63) is 53.1 Å². The van der Waals surface area contributed by atoms with E-state index in [4.69, 9.17) is 0 Å². The lowest BCUT2D eigenvalue weighted by Gasteiger charge is -2.05. The summed E-state index contributed by atoms with van der Waals surface area (Å²) in [6.07, 6.45) is -4.47. The highest BCUT2D eigenvalue weighted by Gasteiger charge is 2.31. The summed E-state index contributed by atoms with van der Waals surface area (Å²) >= 11 is 0. The Bertz CT molecular complexity index is 922. The van der Waals surface area contributed by atoms with Gasteiger partial charge in [-0.15, -0.1) is 5.11 Å². The first-order chi connectivity index (χ1) is 11.2. The van der Waals surface area contributed by atoms with Crippen LogP contribution in [0.3, 0.4) is 0 Å². The van der Waals surface area contributed by atoms with Crippen molar-refractivity contribution in [2.24, 2.45) is 10.2 Å². The lowest BCUT2D eigenvalue weighted by Crippen LogP contribution is -2.03. The van der Waals surface area contributed by atoms with Crippen LogP contribution in [0.2, 0.25) is 0 Å². The minimum absolute atomic E-state index is 0.0183. The number of alkyl halides is 3. The van der Waals surface area contributed by atoms with Gasteiger partial charge < -0.3 is 10.1 Å². The number of fused-ring (bicyclic) bond motifs is 1. The first kappa shape index (κ1) is 16.0. The van der Waals surface area contributed by atoms with Gasteiger partial charge >= 0.3 is 6.18 Å². The molecule has 7 heteroatoms. The quantitative estimate of drug-likeness (QED) is 0.561. The normalized spacial score (nSPS) is 12.4. The Morgan fingerprint density at radius 3 is 2.25 bits per heavy atom. The second-order valence-corrected chi connectivity index (χ2v) is 5.63. The van der Waals surface area contributed by atoms with E-state index in [2.05, 4.69) is 15.2 Å². The number of aromatic nitrogens is 1.